The molecule has 26 heavy (non-hydrogen) atoms. The second-order valence-electron chi connectivity index (χ2n) is 6.88. The molecule has 2 aliphatic rings. The van der Waals surface area contributed by atoms with Crippen molar-refractivity contribution in [3.05, 3.63) is 29.8 Å². The molecule has 2 fully saturated rings. The summed E-state index contributed by atoms with van der Waals surface area (Å²) in [6, 6.07) is 7.03. The number of sulfone groups is 1. The number of benzene rings is 1. The van der Waals surface area contributed by atoms with Crippen molar-refractivity contribution >= 4 is 21.7 Å². The molecule has 0 aliphatic carbocycles. The molecule has 3 rings (SSSR count). The van der Waals surface area contributed by atoms with Crippen LogP contribution in [0.1, 0.15) is 23.2 Å². The van der Waals surface area contributed by atoms with Gasteiger partial charge in [0.15, 0.2) is 9.84 Å². The van der Waals surface area contributed by atoms with Crippen LogP contribution in [0, 0.1) is 5.92 Å². The maximum atomic E-state index is 12.6. The van der Waals surface area contributed by atoms with Crippen molar-refractivity contribution in [3.63, 3.8) is 0 Å². The minimum Gasteiger partial charge on any atom is -0.497 e. The molecule has 0 saturated carbocycles. The fraction of sp³-hybridized carbons (Fsp3) is 0.556. The Morgan fingerprint density at radius 1 is 1.15 bits per heavy atom. The molecular weight excluding hydrogens is 356 g/mol. The molecule has 1 atom stereocenters. The Kier molecular flexibility index (Phi) is 5.50. The average molecular weight is 380 g/mol. The molecule has 7 nitrogen and oxygen atoms in total. The zero-order valence-corrected chi connectivity index (χ0v) is 15.7. The molecule has 0 aromatic heterocycles. The molecule has 0 spiro atoms. The fourth-order valence-corrected chi connectivity index (χ4v) is 5.37. The lowest BCUT2D eigenvalue weighted by atomic mass is 10.0. The van der Waals surface area contributed by atoms with Crippen LogP contribution < -0.4 is 4.74 Å². The molecule has 1 aromatic rings. The van der Waals surface area contributed by atoms with E-state index >= 15 is 0 Å². The topological polar surface area (TPSA) is 84.0 Å². The number of hydrogen-bond acceptors (Lipinski definition) is 5. The quantitative estimate of drug-likeness (QED) is 0.772. The minimum absolute atomic E-state index is 0.0134. The highest BCUT2D eigenvalue weighted by molar-refractivity contribution is 7.91. The summed E-state index contributed by atoms with van der Waals surface area (Å²) in [4.78, 5) is 28.5. The lowest BCUT2D eigenvalue weighted by molar-refractivity contribution is -0.133. The van der Waals surface area contributed by atoms with Crippen LogP contribution in [0.15, 0.2) is 24.3 Å². The van der Waals surface area contributed by atoms with Crippen molar-refractivity contribution in [3.8, 4) is 5.75 Å². The Labute approximate surface area is 153 Å². The lowest BCUT2D eigenvalue weighted by Crippen LogP contribution is -2.50. The Bertz CT molecular complexity index is 785. The van der Waals surface area contributed by atoms with E-state index in [4.69, 9.17) is 4.74 Å². The number of nitrogens with zero attached hydrogens (tertiary/aromatic N) is 2. The van der Waals surface area contributed by atoms with E-state index < -0.39 is 9.84 Å². The maximum absolute atomic E-state index is 12.6. The highest BCUT2D eigenvalue weighted by atomic mass is 32.2. The summed E-state index contributed by atoms with van der Waals surface area (Å²) in [5.74, 6) is 0.791. The summed E-state index contributed by atoms with van der Waals surface area (Å²) in [5, 5.41) is 0. The highest BCUT2D eigenvalue weighted by Gasteiger charge is 2.32. The van der Waals surface area contributed by atoms with E-state index in [0.717, 1.165) is 0 Å². The van der Waals surface area contributed by atoms with Gasteiger partial charge in [-0.1, -0.05) is 6.07 Å². The van der Waals surface area contributed by atoms with E-state index in [1.165, 1.54) is 0 Å². The van der Waals surface area contributed by atoms with Gasteiger partial charge in [0.2, 0.25) is 5.91 Å². The van der Waals surface area contributed by atoms with Crippen molar-refractivity contribution in [2.75, 3.05) is 44.8 Å². The summed E-state index contributed by atoms with van der Waals surface area (Å²) in [6.07, 6.45) is 0.853. The van der Waals surface area contributed by atoms with Crippen LogP contribution in [0.4, 0.5) is 0 Å². The molecule has 0 N–H and O–H groups in total. The largest absolute Gasteiger partial charge is 0.497 e. The Hall–Kier alpha value is -2.09. The number of carbonyl (C=O) groups excluding carboxylic acids is 2. The number of ether oxygens (including phenoxy) is 1. The zero-order valence-electron chi connectivity index (χ0n) is 14.9. The molecule has 2 amide bonds. The first kappa shape index (κ1) is 18.7. The molecule has 0 unspecified atom stereocenters. The van der Waals surface area contributed by atoms with Gasteiger partial charge in [-0.2, -0.15) is 0 Å². The molecule has 0 radical (unpaired) electrons. The van der Waals surface area contributed by atoms with Gasteiger partial charge in [-0.15, -0.1) is 0 Å². The van der Waals surface area contributed by atoms with Gasteiger partial charge in [-0.25, -0.2) is 8.42 Å². The number of hydrogen-bond donors (Lipinski definition) is 0. The second-order valence-corrected chi connectivity index (χ2v) is 9.11. The zero-order chi connectivity index (χ0) is 18.7. The summed E-state index contributed by atoms with van der Waals surface area (Å²) >= 11 is 0. The first-order valence-corrected chi connectivity index (χ1v) is 10.6. The van der Waals surface area contributed by atoms with Crippen LogP contribution in [0.5, 0.6) is 5.75 Å². The number of carbonyl (C=O) groups is 2. The number of rotatable bonds is 4. The van der Waals surface area contributed by atoms with Gasteiger partial charge in [-0.05, 0) is 30.5 Å². The third-order valence-electron chi connectivity index (χ3n) is 5.03. The molecule has 1 aromatic carbocycles. The smallest absolute Gasteiger partial charge is 0.254 e. The monoisotopic (exact) mass is 380 g/mol. The predicted octanol–water partition coefficient (Wildman–Crippen LogP) is 0.804. The Morgan fingerprint density at radius 2 is 1.85 bits per heavy atom. The number of amides is 2. The van der Waals surface area contributed by atoms with Crippen LogP contribution in [-0.2, 0) is 14.6 Å². The van der Waals surface area contributed by atoms with E-state index in [9.17, 15) is 18.0 Å². The summed E-state index contributed by atoms with van der Waals surface area (Å²) in [7, 11) is -1.40. The first-order chi connectivity index (χ1) is 12.4. The normalized spacial score (nSPS) is 22.3. The maximum Gasteiger partial charge on any atom is 0.254 e. The fourth-order valence-electron chi connectivity index (χ4n) is 3.51. The molecule has 142 valence electrons. The molecule has 8 heteroatoms. The standard InChI is InChI=1S/C18H24N2O5S/c1-25-16-4-2-3-15(12-16)18(22)20-8-6-19(7-9-20)17(21)11-14-5-10-26(23,24)13-14/h2-4,12,14H,5-11,13H2,1H3/t14-/m1/s1. The van der Waals surface area contributed by atoms with Crippen molar-refractivity contribution in [2.24, 2.45) is 5.92 Å². The molecule has 0 bridgehead atoms. The Balaban J connectivity index is 1.52. The van der Waals surface area contributed by atoms with Gasteiger partial charge < -0.3 is 14.5 Å². The Morgan fingerprint density at radius 3 is 2.46 bits per heavy atom. The number of methoxy groups -OCH3 is 1. The van der Waals surface area contributed by atoms with Gasteiger partial charge in [0.1, 0.15) is 5.75 Å². The van der Waals surface area contributed by atoms with Crippen LogP contribution >= 0.6 is 0 Å². The van der Waals surface area contributed by atoms with Crippen LogP contribution in [0.2, 0.25) is 0 Å². The average Bonchev–Trinajstić information content (AvgIpc) is 2.99. The number of piperazine rings is 1. The van der Waals surface area contributed by atoms with Crippen LogP contribution in [0.25, 0.3) is 0 Å². The third kappa shape index (κ3) is 4.35. The van der Waals surface area contributed by atoms with Crippen molar-refractivity contribution in [1.82, 2.24) is 9.80 Å². The van der Waals surface area contributed by atoms with E-state index in [-0.39, 0.29) is 35.7 Å². The molecule has 2 saturated heterocycles. The summed E-state index contributed by atoms with van der Waals surface area (Å²) in [6.45, 7) is 1.91. The van der Waals surface area contributed by atoms with Crippen LogP contribution in [0.3, 0.4) is 0 Å². The second kappa shape index (κ2) is 7.65. The van der Waals surface area contributed by atoms with Gasteiger partial charge in [0, 0.05) is 38.2 Å². The van der Waals surface area contributed by atoms with Gasteiger partial charge in [0.05, 0.1) is 18.6 Å². The van der Waals surface area contributed by atoms with Gasteiger partial charge in [0.25, 0.3) is 5.91 Å². The van der Waals surface area contributed by atoms with E-state index in [1.807, 2.05) is 0 Å². The van der Waals surface area contributed by atoms with Gasteiger partial charge >= 0.3 is 0 Å². The van der Waals surface area contributed by atoms with Crippen LogP contribution in [-0.4, -0.2) is 74.8 Å². The SMILES string of the molecule is COc1cccc(C(=O)N2CCN(C(=O)C[C@H]3CCS(=O)(=O)C3)CC2)c1. The van der Waals surface area contributed by atoms with Crippen molar-refractivity contribution in [2.45, 2.75) is 12.8 Å². The molecular formula is C18H24N2O5S. The van der Waals surface area contributed by atoms with E-state index in [0.29, 0.717) is 43.9 Å². The van der Waals surface area contributed by atoms with E-state index in [2.05, 4.69) is 0 Å². The van der Waals surface area contributed by atoms with Crippen molar-refractivity contribution in [1.29, 1.82) is 0 Å². The lowest BCUT2D eigenvalue weighted by Gasteiger charge is -2.35. The first-order valence-electron chi connectivity index (χ1n) is 8.79. The highest BCUT2D eigenvalue weighted by Crippen LogP contribution is 2.23. The summed E-state index contributed by atoms with van der Waals surface area (Å²) in [5.41, 5.74) is 0.570. The molecule has 2 aliphatic heterocycles. The van der Waals surface area contributed by atoms with Crippen molar-refractivity contribution < 1.29 is 22.7 Å². The predicted molar refractivity (Wildman–Crippen MR) is 96.9 cm³/mol. The molecule has 2 heterocycles. The van der Waals surface area contributed by atoms with Gasteiger partial charge in [-0.3, -0.25) is 9.59 Å². The minimum atomic E-state index is -2.96. The third-order valence-corrected chi connectivity index (χ3v) is 6.86. The van der Waals surface area contributed by atoms with E-state index in [1.54, 1.807) is 41.2 Å². The summed E-state index contributed by atoms with van der Waals surface area (Å²) < 4.78 is 28.2.